The summed E-state index contributed by atoms with van der Waals surface area (Å²) in [5.74, 6) is 0.844. The molecular formula is C26H22Cl3N3O4S2. The fourth-order valence-corrected chi connectivity index (χ4v) is 6.50. The maximum atomic E-state index is 13.1. The van der Waals surface area contributed by atoms with Gasteiger partial charge in [-0.1, -0.05) is 53.0 Å². The number of carbonyl (C=O) groups excluding carboxylic acids is 1. The van der Waals surface area contributed by atoms with Crippen molar-refractivity contribution in [3.8, 4) is 22.6 Å². The lowest BCUT2D eigenvalue weighted by Crippen LogP contribution is -2.32. The zero-order valence-corrected chi connectivity index (χ0v) is 23.6. The van der Waals surface area contributed by atoms with E-state index >= 15 is 0 Å². The first-order chi connectivity index (χ1) is 18.2. The number of sulfonamides is 1. The van der Waals surface area contributed by atoms with Gasteiger partial charge in [-0.3, -0.25) is 0 Å². The summed E-state index contributed by atoms with van der Waals surface area (Å²) in [4.78, 5) is 12.0. The molecule has 0 saturated heterocycles. The van der Waals surface area contributed by atoms with E-state index in [4.69, 9.17) is 39.5 Å². The van der Waals surface area contributed by atoms with Crippen LogP contribution in [-0.2, 0) is 10.0 Å². The van der Waals surface area contributed by atoms with Gasteiger partial charge in [0, 0.05) is 39.9 Å². The highest BCUT2D eigenvalue weighted by Crippen LogP contribution is 2.40. The predicted molar refractivity (Wildman–Crippen MR) is 155 cm³/mol. The number of hydrogen-bond acceptors (Lipinski definition) is 5. The Morgan fingerprint density at radius 2 is 1.58 bits per heavy atom. The highest BCUT2D eigenvalue weighted by Gasteiger charge is 2.23. The largest absolute Gasteiger partial charge is 0.455 e. The molecule has 3 N–H and O–H groups in total. The molecule has 198 valence electrons. The number of urea groups is 1. The molecule has 7 nitrogen and oxygen atoms in total. The first-order valence-corrected chi connectivity index (χ1v) is 14.8. The number of hydrogen-bond donors (Lipinski definition) is 3. The Hall–Kier alpha value is -2.79. The fraction of sp³-hybridized carbons (Fsp3) is 0.115. The minimum absolute atomic E-state index is 0.138. The van der Waals surface area contributed by atoms with Crippen LogP contribution in [0.2, 0.25) is 15.1 Å². The van der Waals surface area contributed by atoms with Crippen molar-refractivity contribution in [1.82, 2.24) is 10.0 Å². The van der Waals surface area contributed by atoms with Crippen LogP contribution in [0.4, 0.5) is 10.5 Å². The Morgan fingerprint density at radius 1 is 0.842 bits per heavy atom. The van der Waals surface area contributed by atoms with Gasteiger partial charge in [0.1, 0.15) is 15.7 Å². The molecule has 0 unspecified atom stereocenters. The number of benzene rings is 3. The third-order valence-corrected chi connectivity index (χ3v) is 8.93. The Balaban J connectivity index is 1.37. The molecule has 12 heteroatoms. The van der Waals surface area contributed by atoms with E-state index in [1.807, 2.05) is 0 Å². The van der Waals surface area contributed by atoms with Crippen LogP contribution in [0.3, 0.4) is 0 Å². The van der Waals surface area contributed by atoms with E-state index in [1.54, 1.807) is 78.2 Å². The molecule has 0 bridgehead atoms. The number of nitrogens with one attached hydrogen (secondary N) is 3. The molecule has 0 radical (unpaired) electrons. The highest BCUT2D eigenvalue weighted by molar-refractivity contribution is 7.91. The van der Waals surface area contributed by atoms with Crippen LogP contribution in [0.25, 0.3) is 11.1 Å². The van der Waals surface area contributed by atoms with Gasteiger partial charge in [-0.05, 0) is 66.4 Å². The lowest BCUT2D eigenvalue weighted by Gasteiger charge is -2.13. The van der Waals surface area contributed by atoms with E-state index in [-0.39, 0.29) is 17.3 Å². The summed E-state index contributed by atoms with van der Waals surface area (Å²) in [6, 6.07) is 20.0. The molecule has 38 heavy (non-hydrogen) atoms. The highest BCUT2D eigenvalue weighted by atomic mass is 35.5. The van der Waals surface area contributed by atoms with Crippen LogP contribution >= 0.6 is 46.1 Å². The molecule has 0 aliphatic carbocycles. The predicted octanol–water partition coefficient (Wildman–Crippen LogP) is 7.66. The van der Waals surface area contributed by atoms with Gasteiger partial charge in [0.05, 0.1) is 5.02 Å². The lowest BCUT2D eigenvalue weighted by atomic mass is 10.1. The van der Waals surface area contributed by atoms with Crippen molar-refractivity contribution in [2.45, 2.75) is 10.6 Å². The summed E-state index contributed by atoms with van der Waals surface area (Å²) in [5.41, 5.74) is 1.70. The zero-order valence-electron chi connectivity index (χ0n) is 19.7. The topological polar surface area (TPSA) is 96.5 Å². The summed E-state index contributed by atoms with van der Waals surface area (Å²) < 4.78 is 35.0. The summed E-state index contributed by atoms with van der Waals surface area (Å²) in [7, 11) is -3.82. The minimum Gasteiger partial charge on any atom is -0.455 e. The number of rotatable bonds is 10. The molecule has 0 atom stereocenters. The van der Waals surface area contributed by atoms with E-state index < -0.39 is 16.1 Å². The second kappa shape index (κ2) is 12.8. The summed E-state index contributed by atoms with van der Waals surface area (Å²) in [5, 5.41) is 8.46. The molecule has 4 rings (SSSR count). The van der Waals surface area contributed by atoms with Gasteiger partial charge in [0.15, 0.2) is 0 Å². The van der Waals surface area contributed by atoms with Crippen LogP contribution in [0.5, 0.6) is 11.5 Å². The zero-order chi connectivity index (χ0) is 27.1. The van der Waals surface area contributed by atoms with Gasteiger partial charge in [0.25, 0.3) is 10.0 Å². The number of halogens is 3. The monoisotopic (exact) mass is 609 g/mol. The van der Waals surface area contributed by atoms with Crippen molar-refractivity contribution >= 4 is 67.9 Å². The average Bonchev–Trinajstić information content (AvgIpc) is 3.38. The number of amides is 2. The molecule has 0 spiro atoms. The number of anilines is 1. The maximum absolute atomic E-state index is 13.1. The van der Waals surface area contributed by atoms with Crippen molar-refractivity contribution in [1.29, 1.82) is 0 Å². The Morgan fingerprint density at radius 3 is 2.34 bits per heavy atom. The van der Waals surface area contributed by atoms with Crippen LogP contribution in [0, 0.1) is 0 Å². The number of thiophene rings is 1. The molecule has 0 fully saturated rings. The molecule has 1 heterocycles. The fourth-order valence-electron chi connectivity index (χ4n) is 3.43. The van der Waals surface area contributed by atoms with Crippen LogP contribution in [0.15, 0.2) is 82.4 Å². The molecule has 0 aliphatic heterocycles. The molecule has 4 aromatic rings. The van der Waals surface area contributed by atoms with E-state index in [0.29, 0.717) is 49.8 Å². The Labute approximate surface area is 239 Å². The summed E-state index contributed by atoms with van der Waals surface area (Å²) >= 11 is 19.2. The lowest BCUT2D eigenvalue weighted by molar-refractivity contribution is 0.252. The van der Waals surface area contributed by atoms with Crippen LogP contribution in [-0.4, -0.2) is 27.5 Å². The van der Waals surface area contributed by atoms with Crippen LogP contribution < -0.4 is 20.1 Å². The van der Waals surface area contributed by atoms with E-state index in [0.717, 1.165) is 11.3 Å². The van der Waals surface area contributed by atoms with Gasteiger partial charge >= 0.3 is 6.03 Å². The molecule has 0 saturated carbocycles. The molecule has 0 aliphatic rings. The Kier molecular flexibility index (Phi) is 9.54. The molecule has 3 aromatic carbocycles. The van der Waals surface area contributed by atoms with Crippen molar-refractivity contribution < 1.29 is 17.9 Å². The van der Waals surface area contributed by atoms with Gasteiger partial charge < -0.3 is 15.4 Å². The first kappa shape index (κ1) is 28.2. The van der Waals surface area contributed by atoms with Crippen molar-refractivity contribution in [2.75, 3.05) is 18.4 Å². The number of para-hydroxylation sites is 1. The first-order valence-electron chi connectivity index (χ1n) is 11.3. The van der Waals surface area contributed by atoms with E-state index in [9.17, 15) is 13.2 Å². The molecular weight excluding hydrogens is 589 g/mol. The van der Waals surface area contributed by atoms with Crippen LogP contribution in [0.1, 0.15) is 6.42 Å². The van der Waals surface area contributed by atoms with E-state index in [2.05, 4.69) is 15.4 Å². The van der Waals surface area contributed by atoms with Crippen molar-refractivity contribution in [3.05, 3.63) is 93.2 Å². The SMILES string of the molecule is O=C(NCCCNS(=O)(=O)c1sccc1-c1ccccc1Oc1ccc(Cl)cc1Cl)Nc1ccc(Cl)cc1. The minimum atomic E-state index is -3.82. The third kappa shape index (κ3) is 7.41. The standard InChI is InChI=1S/C26H22Cl3N3O4S2/c27-17-6-9-19(10-7-17)32-26(33)30-13-3-14-31-38(34,35)25-21(12-15-37-25)20-4-1-2-5-23(20)36-24-11-8-18(28)16-22(24)29/h1-2,4-12,15-16,31H,3,13-14H2,(H2,30,32,33). The second-order valence-electron chi connectivity index (χ2n) is 7.93. The maximum Gasteiger partial charge on any atom is 0.319 e. The molecule has 2 amide bonds. The van der Waals surface area contributed by atoms with Gasteiger partial charge in [0.2, 0.25) is 0 Å². The summed E-state index contributed by atoms with van der Waals surface area (Å²) in [6.07, 6.45) is 0.392. The van der Waals surface area contributed by atoms with Crippen molar-refractivity contribution in [2.24, 2.45) is 0 Å². The van der Waals surface area contributed by atoms with Crippen molar-refractivity contribution in [3.63, 3.8) is 0 Å². The van der Waals surface area contributed by atoms with Gasteiger partial charge in [-0.2, -0.15) is 0 Å². The van der Waals surface area contributed by atoms with Gasteiger partial charge in [-0.15, -0.1) is 11.3 Å². The smallest absolute Gasteiger partial charge is 0.319 e. The Bertz CT molecular complexity index is 1530. The normalized spacial score (nSPS) is 11.2. The second-order valence-corrected chi connectivity index (χ2v) is 12.1. The third-order valence-electron chi connectivity index (χ3n) is 5.20. The van der Waals surface area contributed by atoms with E-state index in [1.165, 1.54) is 0 Å². The quantitative estimate of drug-likeness (QED) is 0.161. The average molecular weight is 611 g/mol. The molecule has 1 aromatic heterocycles. The van der Waals surface area contributed by atoms with Gasteiger partial charge in [-0.25, -0.2) is 17.9 Å². The summed E-state index contributed by atoms with van der Waals surface area (Å²) in [6.45, 7) is 0.414. The number of carbonyl (C=O) groups is 1. The number of ether oxygens (including phenoxy) is 1.